The van der Waals surface area contributed by atoms with Gasteiger partial charge in [0.1, 0.15) is 0 Å². The number of ether oxygens (including phenoxy) is 1. The third-order valence-electron chi connectivity index (χ3n) is 3.67. The van der Waals surface area contributed by atoms with E-state index in [0.29, 0.717) is 13.2 Å². The second kappa shape index (κ2) is 10.8. The molecule has 6 heteroatoms. The maximum atomic E-state index is 5.54. The SMILES string of the molecule is CCNC(=NCc1ccccc1COCC)NCCc1csc(C)n1. The van der Waals surface area contributed by atoms with Gasteiger partial charge in [-0.1, -0.05) is 24.3 Å². The molecule has 0 unspecified atom stereocenters. The Kier molecular flexibility index (Phi) is 8.42. The monoisotopic (exact) mass is 360 g/mol. The van der Waals surface area contributed by atoms with Crippen molar-refractivity contribution in [2.75, 3.05) is 19.7 Å². The molecule has 1 aromatic heterocycles. The van der Waals surface area contributed by atoms with Gasteiger partial charge in [0, 0.05) is 31.5 Å². The second-order valence-corrected chi connectivity index (χ2v) is 6.70. The summed E-state index contributed by atoms with van der Waals surface area (Å²) in [6.45, 7) is 9.76. The van der Waals surface area contributed by atoms with E-state index >= 15 is 0 Å². The lowest BCUT2D eigenvalue weighted by Gasteiger charge is -2.12. The van der Waals surface area contributed by atoms with Crippen LogP contribution in [0.4, 0.5) is 0 Å². The van der Waals surface area contributed by atoms with E-state index in [-0.39, 0.29) is 0 Å². The average Bonchev–Trinajstić information content (AvgIpc) is 3.03. The molecule has 0 aliphatic heterocycles. The Balaban J connectivity index is 1.92. The van der Waals surface area contributed by atoms with Crippen molar-refractivity contribution >= 4 is 17.3 Å². The van der Waals surface area contributed by atoms with E-state index in [2.05, 4.69) is 40.1 Å². The van der Waals surface area contributed by atoms with Crippen LogP contribution in [0, 0.1) is 6.92 Å². The summed E-state index contributed by atoms with van der Waals surface area (Å²) in [5.74, 6) is 0.834. The fourth-order valence-corrected chi connectivity index (χ4v) is 3.05. The number of aromatic nitrogens is 1. The Morgan fingerprint density at radius 2 is 2.00 bits per heavy atom. The summed E-state index contributed by atoms with van der Waals surface area (Å²) >= 11 is 1.69. The Labute approximate surface area is 154 Å². The van der Waals surface area contributed by atoms with Crippen LogP contribution in [0.2, 0.25) is 0 Å². The minimum Gasteiger partial charge on any atom is -0.377 e. The minimum atomic E-state index is 0.633. The Morgan fingerprint density at radius 3 is 2.68 bits per heavy atom. The zero-order chi connectivity index (χ0) is 17.9. The van der Waals surface area contributed by atoms with Gasteiger partial charge in [-0.05, 0) is 31.9 Å². The fourth-order valence-electron chi connectivity index (χ4n) is 2.40. The molecule has 5 nitrogen and oxygen atoms in total. The van der Waals surface area contributed by atoms with E-state index in [0.717, 1.165) is 42.8 Å². The van der Waals surface area contributed by atoms with Crippen molar-refractivity contribution in [2.45, 2.75) is 40.3 Å². The van der Waals surface area contributed by atoms with Crippen LogP contribution in [-0.2, 0) is 24.3 Å². The first-order valence-electron chi connectivity index (χ1n) is 8.80. The van der Waals surface area contributed by atoms with Gasteiger partial charge in [-0.2, -0.15) is 0 Å². The highest BCUT2D eigenvalue weighted by Crippen LogP contribution is 2.11. The molecule has 0 saturated carbocycles. The highest BCUT2D eigenvalue weighted by molar-refractivity contribution is 7.09. The number of aliphatic imine (C=N–C) groups is 1. The van der Waals surface area contributed by atoms with Crippen LogP contribution in [0.1, 0.15) is 35.7 Å². The first-order valence-corrected chi connectivity index (χ1v) is 9.68. The molecular formula is C19H28N4OS. The van der Waals surface area contributed by atoms with Crippen molar-refractivity contribution in [3.8, 4) is 0 Å². The van der Waals surface area contributed by atoms with Crippen molar-refractivity contribution in [1.82, 2.24) is 15.6 Å². The third-order valence-corrected chi connectivity index (χ3v) is 4.49. The molecule has 2 N–H and O–H groups in total. The standard InChI is InChI=1S/C19H28N4OS/c1-4-20-19(21-11-10-18-14-25-15(3)23-18)22-12-16-8-6-7-9-17(16)13-24-5-2/h6-9,14H,4-5,10-13H2,1-3H3,(H2,20,21,22). The molecule has 1 heterocycles. The number of nitrogens with zero attached hydrogens (tertiary/aromatic N) is 2. The molecule has 1 aromatic carbocycles. The van der Waals surface area contributed by atoms with Crippen molar-refractivity contribution in [3.63, 3.8) is 0 Å². The van der Waals surface area contributed by atoms with Gasteiger partial charge in [-0.25, -0.2) is 9.98 Å². The van der Waals surface area contributed by atoms with Crippen molar-refractivity contribution in [2.24, 2.45) is 4.99 Å². The molecule has 0 atom stereocenters. The van der Waals surface area contributed by atoms with Gasteiger partial charge in [-0.3, -0.25) is 0 Å². The van der Waals surface area contributed by atoms with Gasteiger partial charge < -0.3 is 15.4 Å². The second-order valence-electron chi connectivity index (χ2n) is 5.64. The van der Waals surface area contributed by atoms with E-state index in [4.69, 9.17) is 9.73 Å². The van der Waals surface area contributed by atoms with Gasteiger partial charge in [0.15, 0.2) is 5.96 Å². The van der Waals surface area contributed by atoms with Crippen molar-refractivity contribution in [1.29, 1.82) is 0 Å². The molecular weight excluding hydrogens is 332 g/mol. The predicted octanol–water partition coefficient (Wildman–Crippen LogP) is 3.29. The fraction of sp³-hybridized carbons (Fsp3) is 0.474. The van der Waals surface area contributed by atoms with Gasteiger partial charge in [-0.15, -0.1) is 11.3 Å². The molecule has 136 valence electrons. The molecule has 0 saturated heterocycles. The van der Waals surface area contributed by atoms with E-state index in [1.807, 2.05) is 26.0 Å². The third kappa shape index (κ3) is 6.84. The molecule has 0 radical (unpaired) electrons. The van der Waals surface area contributed by atoms with Crippen LogP contribution in [0.3, 0.4) is 0 Å². The van der Waals surface area contributed by atoms with E-state index in [9.17, 15) is 0 Å². The van der Waals surface area contributed by atoms with Gasteiger partial charge in [0.25, 0.3) is 0 Å². The first kappa shape index (κ1) is 19.4. The maximum Gasteiger partial charge on any atom is 0.191 e. The topological polar surface area (TPSA) is 58.5 Å². The molecule has 0 spiro atoms. The number of aryl methyl sites for hydroxylation is 1. The molecule has 2 aromatic rings. The van der Waals surface area contributed by atoms with Crippen LogP contribution in [0.15, 0.2) is 34.6 Å². The lowest BCUT2D eigenvalue weighted by atomic mass is 10.1. The highest BCUT2D eigenvalue weighted by atomic mass is 32.1. The van der Waals surface area contributed by atoms with E-state index < -0.39 is 0 Å². The summed E-state index contributed by atoms with van der Waals surface area (Å²) in [5.41, 5.74) is 3.53. The lowest BCUT2D eigenvalue weighted by Crippen LogP contribution is -2.38. The number of hydrogen-bond acceptors (Lipinski definition) is 4. The summed E-state index contributed by atoms with van der Waals surface area (Å²) < 4.78 is 5.54. The summed E-state index contributed by atoms with van der Waals surface area (Å²) in [5, 5.41) is 9.91. The Hall–Kier alpha value is -1.92. The molecule has 0 amide bonds. The van der Waals surface area contributed by atoms with Crippen LogP contribution < -0.4 is 10.6 Å². The number of hydrogen-bond donors (Lipinski definition) is 2. The molecule has 0 aliphatic carbocycles. The predicted molar refractivity (Wildman–Crippen MR) is 105 cm³/mol. The quantitative estimate of drug-likeness (QED) is 0.532. The maximum absolute atomic E-state index is 5.54. The van der Waals surface area contributed by atoms with Gasteiger partial charge in [0.2, 0.25) is 0 Å². The summed E-state index contributed by atoms with van der Waals surface area (Å²) in [4.78, 5) is 9.20. The zero-order valence-corrected chi connectivity index (χ0v) is 16.2. The number of rotatable bonds is 9. The van der Waals surface area contributed by atoms with Crippen LogP contribution >= 0.6 is 11.3 Å². The smallest absolute Gasteiger partial charge is 0.191 e. The van der Waals surface area contributed by atoms with Crippen LogP contribution in [-0.4, -0.2) is 30.6 Å². The summed E-state index contributed by atoms with van der Waals surface area (Å²) in [6, 6.07) is 8.30. The summed E-state index contributed by atoms with van der Waals surface area (Å²) in [6.07, 6.45) is 0.898. The normalized spacial score (nSPS) is 11.6. The molecule has 2 rings (SSSR count). The molecule has 0 fully saturated rings. The largest absolute Gasteiger partial charge is 0.377 e. The minimum absolute atomic E-state index is 0.633. The number of benzene rings is 1. The van der Waals surface area contributed by atoms with Gasteiger partial charge >= 0.3 is 0 Å². The lowest BCUT2D eigenvalue weighted by molar-refractivity contribution is 0.133. The zero-order valence-electron chi connectivity index (χ0n) is 15.3. The Bertz CT molecular complexity index is 669. The van der Waals surface area contributed by atoms with Crippen molar-refractivity contribution < 1.29 is 4.74 Å². The number of nitrogens with one attached hydrogen (secondary N) is 2. The Morgan fingerprint density at radius 1 is 1.20 bits per heavy atom. The molecule has 0 bridgehead atoms. The van der Waals surface area contributed by atoms with Crippen molar-refractivity contribution in [3.05, 3.63) is 51.5 Å². The molecule has 0 aliphatic rings. The highest BCUT2D eigenvalue weighted by Gasteiger charge is 2.03. The molecule has 25 heavy (non-hydrogen) atoms. The number of guanidine groups is 1. The first-order chi connectivity index (χ1) is 12.2. The van der Waals surface area contributed by atoms with E-state index in [1.165, 1.54) is 11.1 Å². The van der Waals surface area contributed by atoms with Gasteiger partial charge in [0.05, 0.1) is 23.9 Å². The van der Waals surface area contributed by atoms with Crippen LogP contribution in [0.5, 0.6) is 0 Å². The average molecular weight is 361 g/mol. The summed E-state index contributed by atoms with van der Waals surface area (Å²) in [7, 11) is 0. The number of thiazole rings is 1. The van der Waals surface area contributed by atoms with Crippen LogP contribution in [0.25, 0.3) is 0 Å². The van der Waals surface area contributed by atoms with E-state index in [1.54, 1.807) is 11.3 Å².